The summed E-state index contributed by atoms with van der Waals surface area (Å²) in [7, 11) is 1.33. The summed E-state index contributed by atoms with van der Waals surface area (Å²) in [5, 5.41) is 2.98. The van der Waals surface area contributed by atoms with E-state index in [1.165, 1.54) is 7.11 Å². The third kappa shape index (κ3) is 3.77. The monoisotopic (exact) mass is 311 g/mol. The minimum atomic E-state index is -0.419. The number of carbonyl (C=O) groups excluding carboxylic acids is 2. The molecule has 0 radical (unpaired) electrons. The van der Waals surface area contributed by atoms with Gasteiger partial charge in [0.25, 0.3) is 5.91 Å². The molecule has 2 aromatic carbocycles. The number of carbonyl (C=O) groups is 2. The number of methoxy groups -OCH3 is 1. The number of benzene rings is 2. The van der Waals surface area contributed by atoms with E-state index in [4.69, 9.17) is 0 Å². The van der Waals surface area contributed by atoms with Gasteiger partial charge in [0.1, 0.15) is 0 Å². The van der Waals surface area contributed by atoms with Crippen LogP contribution >= 0.6 is 0 Å². The highest BCUT2D eigenvalue weighted by Crippen LogP contribution is 2.27. The summed E-state index contributed by atoms with van der Waals surface area (Å²) in [6.45, 7) is 6.16. The first-order chi connectivity index (χ1) is 10.9. The minimum Gasteiger partial charge on any atom is -0.465 e. The average molecular weight is 311 g/mol. The molecule has 0 aromatic heterocycles. The molecule has 1 N–H and O–H groups in total. The minimum absolute atomic E-state index is 0.197. The Labute approximate surface area is 136 Å². The van der Waals surface area contributed by atoms with Crippen LogP contribution in [0.3, 0.4) is 0 Å². The van der Waals surface area contributed by atoms with Crippen molar-refractivity contribution in [2.45, 2.75) is 26.7 Å². The largest absolute Gasteiger partial charge is 0.465 e. The third-order valence-corrected chi connectivity index (χ3v) is 3.73. The Bertz CT molecular complexity index is 718. The molecule has 120 valence electrons. The number of anilines is 1. The van der Waals surface area contributed by atoms with Gasteiger partial charge in [-0.05, 0) is 48.2 Å². The molecule has 0 spiro atoms. The van der Waals surface area contributed by atoms with E-state index < -0.39 is 5.97 Å². The van der Waals surface area contributed by atoms with Gasteiger partial charge in [0.05, 0.1) is 12.7 Å². The maximum Gasteiger partial charge on any atom is 0.337 e. The number of rotatable bonds is 4. The second kappa shape index (κ2) is 7.09. The molecule has 2 rings (SSSR count). The molecule has 0 fully saturated rings. The Kier molecular flexibility index (Phi) is 5.16. The lowest BCUT2D eigenvalue weighted by Crippen LogP contribution is -2.15. The lowest BCUT2D eigenvalue weighted by Gasteiger charge is -2.16. The number of nitrogens with one attached hydrogen (secondary N) is 1. The summed E-state index contributed by atoms with van der Waals surface area (Å²) in [5.41, 5.74) is 3.89. The molecule has 0 bridgehead atoms. The van der Waals surface area contributed by atoms with Gasteiger partial charge in [-0.2, -0.15) is 0 Å². The van der Waals surface area contributed by atoms with Crippen molar-refractivity contribution in [3.05, 3.63) is 64.7 Å². The van der Waals surface area contributed by atoms with Gasteiger partial charge in [-0.1, -0.05) is 32.0 Å². The number of para-hydroxylation sites is 1. The summed E-state index contributed by atoms with van der Waals surface area (Å²) >= 11 is 0. The van der Waals surface area contributed by atoms with E-state index in [0.717, 1.165) is 16.8 Å². The molecule has 4 nitrogen and oxygen atoms in total. The Morgan fingerprint density at radius 1 is 1.00 bits per heavy atom. The van der Waals surface area contributed by atoms with Gasteiger partial charge >= 0.3 is 5.97 Å². The van der Waals surface area contributed by atoms with Crippen LogP contribution in [0.1, 0.15) is 51.6 Å². The summed E-state index contributed by atoms with van der Waals surface area (Å²) in [6, 6.07) is 12.4. The first-order valence-corrected chi connectivity index (χ1v) is 7.53. The highest BCUT2D eigenvalue weighted by molar-refractivity contribution is 6.05. The first kappa shape index (κ1) is 16.7. The van der Waals surface area contributed by atoms with Crippen LogP contribution in [0.5, 0.6) is 0 Å². The van der Waals surface area contributed by atoms with E-state index >= 15 is 0 Å². The number of esters is 1. The summed E-state index contributed by atoms with van der Waals surface area (Å²) in [6.07, 6.45) is 0. The van der Waals surface area contributed by atoms with E-state index in [9.17, 15) is 9.59 Å². The molecule has 0 heterocycles. The number of aryl methyl sites for hydroxylation is 1. The van der Waals surface area contributed by atoms with Crippen molar-refractivity contribution in [2.24, 2.45) is 0 Å². The zero-order valence-corrected chi connectivity index (χ0v) is 13.8. The van der Waals surface area contributed by atoms with E-state index in [-0.39, 0.29) is 5.91 Å². The highest BCUT2D eigenvalue weighted by Gasteiger charge is 2.14. The molecule has 0 unspecified atom stereocenters. The first-order valence-electron chi connectivity index (χ1n) is 7.53. The van der Waals surface area contributed by atoms with Crippen LogP contribution in [-0.4, -0.2) is 19.0 Å². The quantitative estimate of drug-likeness (QED) is 0.863. The lowest BCUT2D eigenvalue weighted by atomic mass is 9.98. The molecule has 2 aromatic rings. The Morgan fingerprint density at radius 3 is 2.17 bits per heavy atom. The van der Waals surface area contributed by atoms with E-state index in [2.05, 4.69) is 23.9 Å². The number of hydrogen-bond acceptors (Lipinski definition) is 3. The molecule has 23 heavy (non-hydrogen) atoms. The fourth-order valence-electron chi connectivity index (χ4n) is 2.40. The van der Waals surface area contributed by atoms with Crippen molar-refractivity contribution in [3.8, 4) is 0 Å². The predicted molar refractivity (Wildman–Crippen MR) is 91.0 cm³/mol. The second-order valence-corrected chi connectivity index (χ2v) is 5.72. The summed E-state index contributed by atoms with van der Waals surface area (Å²) < 4.78 is 4.65. The molecule has 0 aliphatic carbocycles. The highest BCUT2D eigenvalue weighted by atomic mass is 16.5. The van der Waals surface area contributed by atoms with Gasteiger partial charge in [0, 0.05) is 11.3 Å². The smallest absolute Gasteiger partial charge is 0.337 e. The van der Waals surface area contributed by atoms with Gasteiger partial charge in [-0.3, -0.25) is 4.79 Å². The van der Waals surface area contributed by atoms with Crippen LogP contribution in [0.4, 0.5) is 5.69 Å². The lowest BCUT2D eigenvalue weighted by molar-refractivity contribution is 0.0600. The standard InChI is InChI=1S/C19H21NO3/c1-12(2)16-7-5-6-13(3)17(16)20-18(21)14-8-10-15(11-9-14)19(22)23-4/h5-12H,1-4H3,(H,20,21). The SMILES string of the molecule is COC(=O)c1ccc(C(=O)Nc2c(C)cccc2C(C)C)cc1. The van der Waals surface area contributed by atoms with Crippen LogP contribution in [-0.2, 0) is 4.74 Å². The molecule has 0 saturated heterocycles. The third-order valence-electron chi connectivity index (χ3n) is 3.73. The van der Waals surface area contributed by atoms with Gasteiger partial charge < -0.3 is 10.1 Å². The van der Waals surface area contributed by atoms with Crippen molar-refractivity contribution >= 4 is 17.6 Å². The zero-order valence-electron chi connectivity index (χ0n) is 13.8. The van der Waals surface area contributed by atoms with Crippen LogP contribution in [0.25, 0.3) is 0 Å². The number of amides is 1. The Hall–Kier alpha value is -2.62. The molecular formula is C19H21NO3. The maximum absolute atomic E-state index is 12.5. The molecule has 1 amide bonds. The van der Waals surface area contributed by atoms with Crippen LogP contribution in [0.15, 0.2) is 42.5 Å². The molecule has 0 atom stereocenters. The topological polar surface area (TPSA) is 55.4 Å². The average Bonchev–Trinajstić information content (AvgIpc) is 2.55. The Morgan fingerprint density at radius 2 is 1.61 bits per heavy atom. The van der Waals surface area contributed by atoms with Gasteiger partial charge in [0.15, 0.2) is 0 Å². The normalized spacial score (nSPS) is 10.5. The second-order valence-electron chi connectivity index (χ2n) is 5.72. The fourth-order valence-corrected chi connectivity index (χ4v) is 2.40. The predicted octanol–water partition coefficient (Wildman–Crippen LogP) is 4.16. The van der Waals surface area contributed by atoms with E-state index in [1.807, 2.05) is 25.1 Å². The van der Waals surface area contributed by atoms with Crippen molar-refractivity contribution in [1.82, 2.24) is 0 Å². The molecule has 0 saturated carbocycles. The zero-order chi connectivity index (χ0) is 17.0. The van der Waals surface area contributed by atoms with Crippen LogP contribution in [0, 0.1) is 6.92 Å². The number of hydrogen-bond donors (Lipinski definition) is 1. The number of ether oxygens (including phenoxy) is 1. The summed E-state index contributed by atoms with van der Waals surface area (Å²) in [5.74, 6) is -0.303. The van der Waals surface area contributed by atoms with Crippen molar-refractivity contribution in [2.75, 3.05) is 12.4 Å². The maximum atomic E-state index is 12.5. The van der Waals surface area contributed by atoms with Gasteiger partial charge in [-0.15, -0.1) is 0 Å². The van der Waals surface area contributed by atoms with Crippen LogP contribution in [0.2, 0.25) is 0 Å². The van der Waals surface area contributed by atoms with Gasteiger partial charge in [-0.25, -0.2) is 4.79 Å². The van der Waals surface area contributed by atoms with Crippen molar-refractivity contribution in [1.29, 1.82) is 0 Å². The van der Waals surface area contributed by atoms with Crippen molar-refractivity contribution < 1.29 is 14.3 Å². The van der Waals surface area contributed by atoms with Crippen LogP contribution < -0.4 is 5.32 Å². The molecule has 0 aliphatic rings. The van der Waals surface area contributed by atoms with E-state index in [1.54, 1.807) is 24.3 Å². The molecular weight excluding hydrogens is 290 g/mol. The molecule has 4 heteroatoms. The molecule has 0 aliphatic heterocycles. The fraction of sp³-hybridized carbons (Fsp3) is 0.263. The van der Waals surface area contributed by atoms with Crippen molar-refractivity contribution in [3.63, 3.8) is 0 Å². The summed E-state index contributed by atoms with van der Waals surface area (Å²) in [4.78, 5) is 23.9. The van der Waals surface area contributed by atoms with Gasteiger partial charge in [0.2, 0.25) is 0 Å². The van der Waals surface area contributed by atoms with E-state index in [0.29, 0.717) is 17.0 Å². The Balaban J connectivity index is 2.24.